The normalized spacial score (nSPS) is 10.5. The lowest BCUT2D eigenvalue weighted by Crippen LogP contribution is -2.15. The third-order valence-electron chi connectivity index (χ3n) is 3.58. The van der Waals surface area contributed by atoms with Gasteiger partial charge in [0.1, 0.15) is 5.82 Å². The van der Waals surface area contributed by atoms with Gasteiger partial charge in [0.2, 0.25) is 0 Å². The molecule has 138 valence electrons. The van der Waals surface area contributed by atoms with Crippen molar-refractivity contribution in [2.75, 3.05) is 23.8 Å². The number of aromatic nitrogens is 2. The molecule has 2 aromatic rings. The molecule has 2 N–H and O–H groups in total. The third kappa shape index (κ3) is 5.84. The lowest BCUT2D eigenvalue weighted by molar-refractivity contribution is 0.0526. The van der Waals surface area contributed by atoms with Crippen molar-refractivity contribution in [1.29, 1.82) is 0 Å². The molecule has 0 atom stereocenters. The number of nitrogens with zero attached hydrogens (tertiary/aromatic N) is 2. The molecule has 0 bridgehead atoms. The summed E-state index contributed by atoms with van der Waals surface area (Å²) in [7, 11) is 0. The van der Waals surface area contributed by atoms with Crippen LogP contribution in [0.15, 0.2) is 36.4 Å². The number of nitrogens with one attached hydrogen (secondary N) is 2. The fourth-order valence-corrected chi connectivity index (χ4v) is 2.14. The zero-order valence-corrected chi connectivity index (χ0v) is 15.3. The van der Waals surface area contributed by atoms with E-state index >= 15 is 0 Å². The van der Waals surface area contributed by atoms with Gasteiger partial charge in [0.05, 0.1) is 12.2 Å². The molecule has 7 nitrogen and oxygen atoms in total. The highest BCUT2D eigenvalue weighted by atomic mass is 16.5. The molecule has 1 heterocycles. The van der Waals surface area contributed by atoms with Crippen LogP contribution in [0.3, 0.4) is 0 Å². The molecule has 0 aliphatic carbocycles. The van der Waals surface area contributed by atoms with E-state index in [1.165, 1.54) is 0 Å². The maximum atomic E-state index is 12.2. The van der Waals surface area contributed by atoms with Crippen molar-refractivity contribution in [3.8, 4) is 0 Å². The highest BCUT2D eigenvalue weighted by Gasteiger charge is 2.10. The number of benzene rings is 1. The fraction of sp³-hybridized carbons (Fsp3) is 0.368. The molecule has 26 heavy (non-hydrogen) atoms. The maximum absolute atomic E-state index is 12.2. The van der Waals surface area contributed by atoms with Crippen LogP contribution >= 0.6 is 0 Å². The molecule has 1 aromatic heterocycles. The molecule has 2 rings (SSSR count). The van der Waals surface area contributed by atoms with Crippen LogP contribution in [0, 0.1) is 5.92 Å². The predicted octanol–water partition coefficient (Wildman–Crippen LogP) is 3.36. The van der Waals surface area contributed by atoms with E-state index < -0.39 is 5.97 Å². The minimum absolute atomic E-state index is 0.217. The van der Waals surface area contributed by atoms with Gasteiger partial charge in [0.15, 0.2) is 5.69 Å². The van der Waals surface area contributed by atoms with Gasteiger partial charge in [-0.05, 0) is 55.7 Å². The molecule has 0 saturated heterocycles. The first-order valence-corrected chi connectivity index (χ1v) is 8.65. The first kappa shape index (κ1) is 19.4. The van der Waals surface area contributed by atoms with E-state index in [4.69, 9.17) is 4.74 Å². The Morgan fingerprint density at radius 2 is 1.81 bits per heavy atom. The van der Waals surface area contributed by atoms with Gasteiger partial charge >= 0.3 is 5.97 Å². The van der Waals surface area contributed by atoms with Gasteiger partial charge < -0.3 is 15.4 Å². The van der Waals surface area contributed by atoms with Gasteiger partial charge in [-0.2, -0.15) is 0 Å². The minimum Gasteiger partial charge on any atom is -0.462 e. The van der Waals surface area contributed by atoms with Crippen LogP contribution in [0.25, 0.3) is 0 Å². The molecule has 7 heteroatoms. The summed E-state index contributed by atoms with van der Waals surface area (Å²) in [4.78, 5) is 23.8. The van der Waals surface area contributed by atoms with Crippen LogP contribution in [0.2, 0.25) is 0 Å². The predicted molar refractivity (Wildman–Crippen MR) is 100 cm³/mol. The quantitative estimate of drug-likeness (QED) is 0.705. The van der Waals surface area contributed by atoms with E-state index in [2.05, 4.69) is 34.7 Å². The fourth-order valence-electron chi connectivity index (χ4n) is 2.14. The lowest BCUT2D eigenvalue weighted by Gasteiger charge is -2.08. The number of ether oxygens (including phenoxy) is 1. The molecular weight excluding hydrogens is 332 g/mol. The summed E-state index contributed by atoms with van der Waals surface area (Å²) in [6.45, 7) is 7.18. The topological polar surface area (TPSA) is 93.2 Å². The Labute approximate surface area is 153 Å². The van der Waals surface area contributed by atoms with E-state index in [1.54, 1.807) is 43.3 Å². The Morgan fingerprint density at radius 1 is 1.08 bits per heavy atom. The number of rotatable bonds is 8. The molecule has 0 unspecified atom stereocenters. The summed E-state index contributed by atoms with van der Waals surface area (Å²) >= 11 is 0. The van der Waals surface area contributed by atoms with Crippen molar-refractivity contribution in [3.05, 3.63) is 47.7 Å². The molecule has 1 aromatic carbocycles. The van der Waals surface area contributed by atoms with Crippen molar-refractivity contribution in [2.45, 2.75) is 27.2 Å². The molecule has 0 aliphatic rings. The first-order valence-electron chi connectivity index (χ1n) is 8.65. The van der Waals surface area contributed by atoms with Crippen molar-refractivity contribution in [1.82, 2.24) is 10.2 Å². The van der Waals surface area contributed by atoms with E-state index in [0.717, 1.165) is 13.0 Å². The average molecular weight is 356 g/mol. The summed E-state index contributed by atoms with van der Waals surface area (Å²) < 4.78 is 4.92. The zero-order valence-electron chi connectivity index (χ0n) is 15.3. The van der Waals surface area contributed by atoms with Gasteiger partial charge in [-0.1, -0.05) is 13.8 Å². The Balaban J connectivity index is 1.91. The van der Waals surface area contributed by atoms with E-state index in [1.807, 2.05) is 0 Å². The van der Waals surface area contributed by atoms with Crippen molar-refractivity contribution in [3.63, 3.8) is 0 Å². The van der Waals surface area contributed by atoms with Crippen molar-refractivity contribution in [2.24, 2.45) is 5.92 Å². The van der Waals surface area contributed by atoms with Gasteiger partial charge in [-0.25, -0.2) is 4.79 Å². The van der Waals surface area contributed by atoms with Crippen LogP contribution in [0.4, 0.5) is 11.5 Å². The Kier molecular flexibility index (Phi) is 7.08. The highest BCUT2D eigenvalue weighted by molar-refractivity contribution is 6.03. The minimum atomic E-state index is -0.392. The summed E-state index contributed by atoms with van der Waals surface area (Å²) in [6, 6.07) is 9.82. The van der Waals surface area contributed by atoms with Crippen LogP contribution in [0.5, 0.6) is 0 Å². The Morgan fingerprint density at radius 3 is 2.38 bits per heavy atom. The van der Waals surface area contributed by atoms with Crippen LogP contribution in [-0.4, -0.2) is 35.2 Å². The maximum Gasteiger partial charge on any atom is 0.338 e. The number of carbonyl (C=O) groups is 2. The number of anilines is 2. The third-order valence-corrected chi connectivity index (χ3v) is 3.58. The summed E-state index contributed by atoms with van der Waals surface area (Å²) in [5.74, 6) is 0.489. The van der Waals surface area contributed by atoms with Gasteiger partial charge in [-0.15, -0.1) is 10.2 Å². The molecule has 0 saturated carbocycles. The summed E-state index contributed by atoms with van der Waals surface area (Å²) in [5.41, 5.74) is 1.21. The van der Waals surface area contributed by atoms with E-state index in [0.29, 0.717) is 29.6 Å². The largest absolute Gasteiger partial charge is 0.462 e. The lowest BCUT2D eigenvalue weighted by atomic mass is 10.1. The number of esters is 1. The smallest absolute Gasteiger partial charge is 0.338 e. The van der Waals surface area contributed by atoms with Crippen LogP contribution < -0.4 is 10.6 Å². The second-order valence-corrected chi connectivity index (χ2v) is 6.17. The zero-order chi connectivity index (χ0) is 18.9. The molecule has 0 radical (unpaired) electrons. The average Bonchev–Trinajstić information content (AvgIpc) is 2.63. The van der Waals surface area contributed by atoms with Crippen LogP contribution in [-0.2, 0) is 4.74 Å². The number of hydrogen-bond acceptors (Lipinski definition) is 6. The number of hydrogen-bond donors (Lipinski definition) is 2. The van der Waals surface area contributed by atoms with Crippen molar-refractivity contribution < 1.29 is 14.3 Å². The first-order chi connectivity index (χ1) is 12.5. The highest BCUT2D eigenvalue weighted by Crippen LogP contribution is 2.12. The summed E-state index contributed by atoms with van der Waals surface area (Å²) in [6.07, 6.45) is 1.03. The second-order valence-electron chi connectivity index (χ2n) is 6.17. The van der Waals surface area contributed by atoms with Gasteiger partial charge in [-0.3, -0.25) is 4.79 Å². The van der Waals surface area contributed by atoms with Gasteiger partial charge in [0.25, 0.3) is 5.91 Å². The second kappa shape index (κ2) is 9.50. The SMILES string of the molecule is CCOC(=O)c1ccc(NC(=O)c2ccc(NCCC(C)C)nn2)cc1. The van der Waals surface area contributed by atoms with Crippen LogP contribution in [0.1, 0.15) is 48.0 Å². The van der Waals surface area contributed by atoms with Crippen molar-refractivity contribution >= 4 is 23.4 Å². The summed E-state index contributed by atoms with van der Waals surface area (Å²) in [5, 5.41) is 13.8. The molecule has 0 aliphatic heterocycles. The van der Waals surface area contributed by atoms with E-state index in [9.17, 15) is 9.59 Å². The van der Waals surface area contributed by atoms with E-state index in [-0.39, 0.29) is 11.6 Å². The van der Waals surface area contributed by atoms with Gasteiger partial charge in [0, 0.05) is 12.2 Å². The Bertz CT molecular complexity index is 727. The standard InChI is InChI=1S/C19H24N4O3/c1-4-26-19(25)14-5-7-15(8-6-14)21-18(24)16-9-10-17(23-22-16)20-12-11-13(2)3/h5-10,13H,4,11-12H2,1-3H3,(H,20,23)(H,21,24). The number of amides is 1. The Hall–Kier alpha value is -2.96. The number of carbonyl (C=O) groups excluding carboxylic acids is 2. The molecule has 0 spiro atoms. The molecular formula is C19H24N4O3. The molecule has 0 fully saturated rings. The monoisotopic (exact) mass is 356 g/mol. The molecule has 1 amide bonds.